The number of hydrogen-bond acceptors (Lipinski definition) is 5. The average Bonchev–Trinajstić information content (AvgIpc) is 2.51. The fourth-order valence-electron chi connectivity index (χ4n) is 2.55. The Balaban J connectivity index is 1.96. The van der Waals surface area contributed by atoms with Gasteiger partial charge in [0.1, 0.15) is 5.75 Å². The van der Waals surface area contributed by atoms with E-state index >= 15 is 0 Å². The molecule has 1 atom stereocenters. The highest BCUT2D eigenvalue weighted by Gasteiger charge is 2.21. The maximum atomic E-state index is 10.5. The van der Waals surface area contributed by atoms with Gasteiger partial charge in [-0.05, 0) is 37.0 Å². The van der Waals surface area contributed by atoms with Gasteiger partial charge in [0.15, 0.2) is 6.23 Å². The molecule has 5 heteroatoms. The van der Waals surface area contributed by atoms with Crippen molar-refractivity contribution >= 4 is 12.5 Å². The molecule has 21 heavy (non-hydrogen) atoms. The van der Waals surface area contributed by atoms with Crippen LogP contribution in [0.4, 0.5) is 0 Å². The van der Waals surface area contributed by atoms with Crippen LogP contribution in [-0.4, -0.2) is 40.9 Å². The van der Waals surface area contributed by atoms with Crippen LogP contribution < -0.4 is 0 Å². The van der Waals surface area contributed by atoms with E-state index in [2.05, 4.69) is 4.90 Å². The van der Waals surface area contributed by atoms with E-state index in [-0.39, 0.29) is 18.6 Å². The Kier molecular flexibility index (Phi) is 5.78. The van der Waals surface area contributed by atoms with Crippen LogP contribution in [0, 0.1) is 0 Å². The lowest BCUT2D eigenvalue weighted by Crippen LogP contribution is -2.41. The summed E-state index contributed by atoms with van der Waals surface area (Å²) < 4.78 is 5.10. The normalized spacial score (nSPS) is 19.8. The Morgan fingerprint density at radius 2 is 2.24 bits per heavy atom. The van der Waals surface area contributed by atoms with Crippen molar-refractivity contribution in [2.24, 2.45) is 0 Å². The minimum absolute atomic E-state index is 0.102. The van der Waals surface area contributed by atoms with Crippen LogP contribution in [0.1, 0.15) is 30.4 Å². The third-order valence-corrected chi connectivity index (χ3v) is 3.69. The maximum absolute atomic E-state index is 10.5. The number of ether oxygens (including phenoxy) is 1. The van der Waals surface area contributed by atoms with Gasteiger partial charge in [0.05, 0.1) is 6.61 Å². The largest absolute Gasteiger partial charge is 0.508 e. The summed E-state index contributed by atoms with van der Waals surface area (Å²) in [6, 6.07) is 5.12. The van der Waals surface area contributed by atoms with Gasteiger partial charge >= 0.3 is 0 Å². The smallest absolute Gasteiger partial charge is 0.294 e. The molecule has 0 bridgehead atoms. The lowest BCUT2D eigenvalue weighted by Gasteiger charge is -2.32. The molecule has 1 fully saturated rings. The zero-order chi connectivity index (χ0) is 15.1. The van der Waals surface area contributed by atoms with Gasteiger partial charge in [0.2, 0.25) is 0 Å². The van der Waals surface area contributed by atoms with E-state index in [4.69, 9.17) is 9.84 Å². The van der Waals surface area contributed by atoms with Crippen LogP contribution in [-0.2, 0) is 16.1 Å². The minimum atomic E-state index is -0.186. The van der Waals surface area contributed by atoms with Gasteiger partial charge < -0.3 is 14.9 Å². The van der Waals surface area contributed by atoms with Crippen LogP contribution in [0.25, 0.3) is 6.08 Å². The predicted octanol–water partition coefficient (Wildman–Crippen LogP) is 1.88. The molecule has 1 heterocycles. The first kappa shape index (κ1) is 15.5. The van der Waals surface area contributed by atoms with E-state index in [1.165, 1.54) is 0 Å². The summed E-state index contributed by atoms with van der Waals surface area (Å²) in [6.45, 7) is 1.95. The van der Waals surface area contributed by atoms with E-state index in [0.29, 0.717) is 18.6 Å². The fourth-order valence-corrected chi connectivity index (χ4v) is 2.55. The number of aromatic hydroxyl groups is 1. The van der Waals surface area contributed by atoms with Crippen molar-refractivity contribution < 1.29 is 19.7 Å². The molecule has 1 saturated heterocycles. The summed E-state index contributed by atoms with van der Waals surface area (Å²) in [5.41, 5.74) is 1.43. The summed E-state index contributed by atoms with van der Waals surface area (Å²) in [4.78, 5) is 12.6. The molecule has 2 N–H and O–H groups in total. The van der Waals surface area contributed by atoms with Gasteiger partial charge in [0, 0.05) is 18.7 Å². The first-order chi connectivity index (χ1) is 10.2. The Hall–Kier alpha value is -1.85. The predicted molar refractivity (Wildman–Crippen MR) is 79.4 cm³/mol. The van der Waals surface area contributed by atoms with Crippen molar-refractivity contribution in [2.45, 2.75) is 32.1 Å². The number of hydrogen-bond donors (Lipinski definition) is 2. The first-order valence-electron chi connectivity index (χ1n) is 7.17. The van der Waals surface area contributed by atoms with Crippen LogP contribution in [0.2, 0.25) is 0 Å². The number of benzene rings is 1. The van der Waals surface area contributed by atoms with Gasteiger partial charge in [-0.3, -0.25) is 9.69 Å². The second-order valence-electron chi connectivity index (χ2n) is 5.13. The topological polar surface area (TPSA) is 70.0 Å². The Morgan fingerprint density at radius 3 is 3.00 bits per heavy atom. The molecule has 1 aliphatic rings. The average molecular weight is 291 g/mol. The van der Waals surface area contributed by atoms with Crippen LogP contribution in [0.3, 0.4) is 0 Å². The molecule has 0 aromatic heterocycles. The highest BCUT2D eigenvalue weighted by Crippen LogP contribution is 2.20. The Morgan fingerprint density at radius 1 is 1.38 bits per heavy atom. The van der Waals surface area contributed by atoms with Gasteiger partial charge in [-0.1, -0.05) is 18.2 Å². The number of likely N-dealkylation sites (tertiary alicyclic amines) is 1. The molecule has 1 aromatic carbocycles. The monoisotopic (exact) mass is 291 g/mol. The second-order valence-corrected chi connectivity index (χ2v) is 5.13. The van der Waals surface area contributed by atoms with Gasteiger partial charge in [-0.25, -0.2) is 0 Å². The highest BCUT2D eigenvalue weighted by atomic mass is 16.5. The number of aliphatic hydroxyl groups excluding tert-OH is 1. The minimum Gasteiger partial charge on any atom is -0.508 e. The van der Waals surface area contributed by atoms with Crippen molar-refractivity contribution in [1.29, 1.82) is 0 Å². The molecule has 0 saturated carbocycles. The van der Waals surface area contributed by atoms with Crippen LogP contribution in [0.5, 0.6) is 5.75 Å². The van der Waals surface area contributed by atoms with E-state index in [1.54, 1.807) is 18.2 Å². The standard InChI is InChI=1S/C16H21NO4/c18-11-14-10-13(6-7-15(14)20)4-3-9-17-8-2-1-5-16(17)21-12-19/h3-4,6-7,10,12,16,18,20H,1-2,5,8-9,11H2. The van der Waals surface area contributed by atoms with E-state index < -0.39 is 0 Å². The fraction of sp³-hybridized carbons (Fsp3) is 0.438. The molecule has 0 spiro atoms. The molecular formula is C16H21NO4. The lowest BCUT2D eigenvalue weighted by atomic mass is 10.1. The zero-order valence-corrected chi connectivity index (χ0v) is 11.9. The van der Waals surface area contributed by atoms with Crippen LogP contribution >= 0.6 is 0 Å². The maximum Gasteiger partial charge on any atom is 0.294 e. The number of carbonyl (C=O) groups excluding carboxylic acids is 1. The molecule has 114 valence electrons. The van der Waals surface area contributed by atoms with E-state index in [1.807, 2.05) is 12.2 Å². The summed E-state index contributed by atoms with van der Waals surface area (Å²) in [5, 5.41) is 18.6. The van der Waals surface area contributed by atoms with Gasteiger partial charge in [-0.15, -0.1) is 0 Å². The highest BCUT2D eigenvalue weighted by molar-refractivity contribution is 5.53. The van der Waals surface area contributed by atoms with Crippen molar-refractivity contribution in [1.82, 2.24) is 4.90 Å². The first-order valence-corrected chi connectivity index (χ1v) is 7.17. The summed E-state index contributed by atoms with van der Waals surface area (Å²) in [6.07, 6.45) is 6.87. The molecule has 0 aliphatic carbocycles. The quantitative estimate of drug-likeness (QED) is 0.783. The molecule has 1 aliphatic heterocycles. The Labute approximate surface area is 124 Å². The number of rotatable bonds is 6. The Bertz CT molecular complexity index is 501. The zero-order valence-electron chi connectivity index (χ0n) is 11.9. The molecule has 5 nitrogen and oxygen atoms in total. The van der Waals surface area contributed by atoms with E-state index in [0.717, 1.165) is 31.4 Å². The number of aliphatic hydroxyl groups is 1. The molecule has 1 unspecified atom stereocenters. The van der Waals surface area contributed by atoms with Crippen LogP contribution in [0.15, 0.2) is 24.3 Å². The molecule has 0 radical (unpaired) electrons. The van der Waals surface area contributed by atoms with Crippen molar-refractivity contribution in [3.05, 3.63) is 35.4 Å². The summed E-state index contributed by atoms with van der Waals surface area (Å²) in [5.74, 6) is 0.102. The second kappa shape index (κ2) is 7.81. The van der Waals surface area contributed by atoms with Crippen molar-refractivity contribution in [3.63, 3.8) is 0 Å². The van der Waals surface area contributed by atoms with Crippen molar-refractivity contribution in [2.75, 3.05) is 13.1 Å². The van der Waals surface area contributed by atoms with Crippen molar-refractivity contribution in [3.8, 4) is 5.75 Å². The summed E-state index contributed by atoms with van der Waals surface area (Å²) in [7, 11) is 0. The molecular weight excluding hydrogens is 270 g/mol. The molecule has 1 aromatic rings. The molecule has 2 rings (SSSR count). The number of phenols is 1. The third-order valence-electron chi connectivity index (χ3n) is 3.69. The third kappa shape index (κ3) is 4.31. The number of piperidine rings is 1. The van der Waals surface area contributed by atoms with Gasteiger partial charge in [-0.2, -0.15) is 0 Å². The summed E-state index contributed by atoms with van der Waals surface area (Å²) >= 11 is 0. The lowest BCUT2D eigenvalue weighted by molar-refractivity contribution is -0.145. The van der Waals surface area contributed by atoms with E-state index in [9.17, 15) is 9.90 Å². The molecule has 0 amide bonds. The number of carbonyl (C=O) groups is 1. The number of nitrogens with zero attached hydrogens (tertiary/aromatic N) is 1. The van der Waals surface area contributed by atoms with Gasteiger partial charge in [0.25, 0.3) is 6.47 Å². The SMILES string of the molecule is O=COC1CCCCN1CC=Cc1ccc(O)c(CO)c1.